The van der Waals surface area contributed by atoms with Crippen molar-refractivity contribution in [2.75, 3.05) is 13.2 Å². The lowest BCUT2D eigenvalue weighted by atomic mass is 10.3. The number of aryl methyl sites for hydroxylation is 1. The van der Waals surface area contributed by atoms with Gasteiger partial charge in [-0.05, 0) is 13.0 Å². The van der Waals surface area contributed by atoms with Gasteiger partial charge in [-0.3, -0.25) is 0 Å². The topological polar surface area (TPSA) is 64.1 Å². The second-order valence-electron chi connectivity index (χ2n) is 2.72. The van der Waals surface area contributed by atoms with E-state index in [1.807, 2.05) is 10.8 Å². The Morgan fingerprint density at radius 3 is 3.08 bits per heavy atom. The molecule has 0 radical (unpaired) electrons. The Labute approximate surface area is 72.0 Å². The van der Waals surface area contributed by atoms with Gasteiger partial charge < -0.3 is 15.4 Å². The van der Waals surface area contributed by atoms with Crippen LogP contribution in [-0.2, 0) is 13.0 Å². The number of aliphatic hydroxyl groups excluding tert-OH is 1. The molecule has 0 aromatic carbocycles. The van der Waals surface area contributed by atoms with Gasteiger partial charge in [0.1, 0.15) is 0 Å². The van der Waals surface area contributed by atoms with Gasteiger partial charge in [0.15, 0.2) is 0 Å². The van der Waals surface area contributed by atoms with E-state index in [9.17, 15) is 0 Å². The largest absolute Gasteiger partial charge is 0.396 e. The summed E-state index contributed by atoms with van der Waals surface area (Å²) in [4.78, 5) is 4.16. The zero-order valence-corrected chi connectivity index (χ0v) is 7.11. The number of nitrogens with two attached hydrogens (primary N) is 1. The van der Waals surface area contributed by atoms with Crippen molar-refractivity contribution in [1.82, 2.24) is 9.55 Å². The van der Waals surface area contributed by atoms with Gasteiger partial charge in [-0.25, -0.2) is 4.98 Å². The zero-order chi connectivity index (χ0) is 8.81. The first-order valence-corrected chi connectivity index (χ1v) is 4.18. The minimum atomic E-state index is 0.227. The lowest BCUT2D eigenvalue weighted by Gasteiger charge is -1.97. The number of aliphatic hydroxyl groups is 1. The third kappa shape index (κ3) is 2.64. The van der Waals surface area contributed by atoms with E-state index in [2.05, 4.69) is 4.98 Å². The first-order chi connectivity index (χ1) is 5.86. The van der Waals surface area contributed by atoms with Crippen LogP contribution in [0.4, 0.5) is 0 Å². The first-order valence-electron chi connectivity index (χ1n) is 4.18. The van der Waals surface area contributed by atoms with E-state index in [1.54, 1.807) is 6.33 Å². The molecule has 0 amide bonds. The van der Waals surface area contributed by atoms with Crippen molar-refractivity contribution in [3.8, 4) is 0 Å². The van der Waals surface area contributed by atoms with Gasteiger partial charge in [0.2, 0.25) is 0 Å². The number of aromatic nitrogens is 2. The first kappa shape index (κ1) is 9.22. The molecule has 0 aliphatic carbocycles. The van der Waals surface area contributed by atoms with Crippen LogP contribution in [0, 0.1) is 0 Å². The molecule has 0 spiro atoms. The number of imidazole rings is 1. The SMILES string of the molecule is NCCc1cn(CCCO)cn1. The van der Waals surface area contributed by atoms with Crippen molar-refractivity contribution in [3.63, 3.8) is 0 Å². The molecular formula is C8H15N3O. The predicted octanol–water partition coefficient (Wildman–Crippen LogP) is -0.233. The smallest absolute Gasteiger partial charge is 0.0949 e. The highest BCUT2D eigenvalue weighted by Crippen LogP contribution is 1.97. The summed E-state index contributed by atoms with van der Waals surface area (Å²) in [7, 11) is 0. The van der Waals surface area contributed by atoms with Crippen molar-refractivity contribution in [1.29, 1.82) is 0 Å². The summed E-state index contributed by atoms with van der Waals surface area (Å²) in [6.45, 7) is 1.69. The highest BCUT2D eigenvalue weighted by molar-refractivity contribution is 4.96. The molecule has 0 bridgehead atoms. The van der Waals surface area contributed by atoms with Gasteiger partial charge in [0.05, 0.1) is 12.0 Å². The van der Waals surface area contributed by atoms with Gasteiger partial charge in [0, 0.05) is 25.8 Å². The van der Waals surface area contributed by atoms with Gasteiger partial charge in [-0.15, -0.1) is 0 Å². The van der Waals surface area contributed by atoms with Crippen LogP contribution < -0.4 is 5.73 Å². The normalized spacial score (nSPS) is 10.5. The van der Waals surface area contributed by atoms with E-state index in [0.717, 1.165) is 25.1 Å². The molecule has 3 N–H and O–H groups in total. The number of hydrogen-bond donors (Lipinski definition) is 2. The quantitative estimate of drug-likeness (QED) is 0.639. The molecule has 0 saturated heterocycles. The molecule has 0 saturated carbocycles. The van der Waals surface area contributed by atoms with E-state index in [0.29, 0.717) is 6.54 Å². The summed E-state index contributed by atoms with van der Waals surface area (Å²) >= 11 is 0. The molecule has 0 fully saturated rings. The lowest BCUT2D eigenvalue weighted by Crippen LogP contribution is -2.02. The Morgan fingerprint density at radius 2 is 2.42 bits per heavy atom. The summed E-state index contributed by atoms with van der Waals surface area (Å²) in [5.41, 5.74) is 6.40. The van der Waals surface area contributed by atoms with Crippen LogP contribution in [0.25, 0.3) is 0 Å². The van der Waals surface area contributed by atoms with Crippen LogP contribution in [-0.4, -0.2) is 27.8 Å². The van der Waals surface area contributed by atoms with Crippen LogP contribution in [0.3, 0.4) is 0 Å². The van der Waals surface area contributed by atoms with Crippen LogP contribution in [0.2, 0.25) is 0 Å². The van der Waals surface area contributed by atoms with E-state index < -0.39 is 0 Å². The van der Waals surface area contributed by atoms with E-state index in [4.69, 9.17) is 10.8 Å². The second-order valence-corrected chi connectivity index (χ2v) is 2.72. The van der Waals surface area contributed by atoms with Crippen molar-refractivity contribution >= 4 is 0 Å². The average Bonchev–Trinajstić information content (AvgIpc) is 2.50. The van der Waals surface area contributed by atoms with Crippen molar-refractivity contribution in [2.45, 2.75) is 19.4 Å². The highest BCUT2D eigenvalue weighted by Gasteiger charge is 1.96. The summed E-state index contributed by atoms with van der Waals surface area (Å²) < 4.78 is 1.97. The van der Waals surface area contributed by atoms with E-state index in [-0.39, 0.29) is 6.61 Å². The molecule has 0 aliphatic heterocycles. The number of nitrogens with zero attached hydrogens (tertiary/aromatic N) is 2. The zero-order valence-electron chi connectivity index (χ0n) is 7.11. The van der Waals surface area contributed by atoms with Crippen LogP contribution in [0.1, 0.15) is 12.1 Å². The van der Waals surface area contributed by atoms with Gasteiger partial charge in [-0.2, -0.15) is 0 Å². The van der Waals surface area contributed by atoms with Gasteiger partial charge in [-0.1, -0.05) is 0 Å². The standard InChI is InChI=1S/C8H15N3O/c9-3-2-8-6-11(7-10-8)4-1-5-12/h6-7,12H,1-5,9H2. The molecule has 1 aromatic rings. The molecule has 0 aliphatic rings. The lowest BCUT2D eigenvalue weighted by molar-refractivity contribution is 0.279. The predicted molar refractivity (Wildman–Crippen MR) is 46.7 cm³/mol. The summed E-state index contributed by atoms with van der Waals surface area (Å²) in [6.07, 6.45) is 5.35. The molecule has 0 unspecified atom stereocenters. The van der Waals surface area contributed by atoms with Crippen LogP contribution >= 0.6 is 0 Å². The molecule has 1 heterocycles. The minimum Gasteiger partial charge on any atom is -0.396 e. The second kappa shape index (κ2) is 4.90. The average molecular weight is 169 g/mol. The highest BCUT2D eigenvalue weighted by atomic mass is 16.3. The molecule has 1 aromatic heterocycles. The molecule has 4 nitrogen and oxygen atoms in total. The van der Waals surface area contributed by atoms with Crippen molar-refractivity contribution < 1.29 is 5.11 Å². The summed E-state index contributed by atoms with van der Waals surface area (Å²) in [5, 5.41) is 8.58. The Kier molecular flexibility index (Phi) is 3.76. The molecule has 12 heavy (non-hydrogen) atoms. The third-order valence-electron chi connectivity index (χ3n) is 1.66. The molecular weight excluding hydrogens is 154 g/mol. The fourth-order valence-electron chi connectivity index (χ4n) is 1.06. The van der Waals surface area contributed by atoms with Gasteiger partial charge in [0.25, 0.3) is 0 Å². The van der Waals surface area contributed by atoms with E-state index in [1.165, 1.54) is 0 Å². The molecule has 0 atom stereocenters. The molecule has 68 valence electrons. The van der Waals surface area contributed by atoms with Crippen molar-refractivity contribution in [2.24, 2.45) is 5.73 Å². The molecule has 1 rings (SSSR count). The monoisotopic (exact) mass is 169 g/mol. The summed E-state index contributed by atoms with van der Waals surface area (Å²) in [5.74, 6) is 0. The fraction of sp³-hybridized carbons (Fsp3) is 0.625. The van der Waals surface area contributed by atoms with E-state index >= 15 is 0 Å². The number of rotatable bonds is 5. The Bertz CT molecular complexity index is 222. The number of hydrogen-bond acceptors (Lipinski definition) is 3. The Morgan fingerprint density at radius 1 is 1.58 bits per heavy atom. The Balaban J connectivity index is 2.41. The maximum atomic E-state index is 8.58. The minimum absolute atomic E-state index is 0.227. The maximum absolute atomic E-state index is 8.58. The summed E-state index contributed by atoms with van der Waals surface area (Å²) in [6, 6.07) is 0. The van der Waals surface area contributed by atoms with Gasteiger partial charge >= 0.3 is 0 Å². The molecule has 4 heteroatoms. The Hall–Kier alpha value is -0.870. The third-order valence-corrected chi connectivity index (χ3v) is 1.66. The fourth-order valence-corrected chi connectivity index (χ4v) is 1.06. The van der Waals surface area contributed by atoms with Crippen molar-refractivity contribution in [3.05, 3.63) is 18.2 Å². The van der Waals surface area contributed by atoms with Crippen LogP contribution in [0.5, 0.6) is 0 Å². The maximum Gasteiger partial charge on any atom is 0.0949 e. The van der Waals surface area contributed by atoms with Crippen LogP contribution in [0.15, 0.2) is 12.5 Å².